The van der Waals surface area contributed by atoms with Crippen LogP contribution in [0, 0.1) is 5.82 Å². The van der Waals surface area contributed by atoms with E-state index in [0.717, 1.165) is 22.6 Å². The van der Waals surface area contributed by atoms with E-state index in [1.54, 1.807) is 12.1 Å². The van der Waals surface area contributed by atoms with Crippen LogP contribution in [0.15, 0.2) is 53.0 Å². The Kier molecular flexibility index (Phi) is 5.92. The van der Waals surface area contributed by atoms with E-state index in [1.165, 1.54) is 13.1 Å². The number of hydrogen-bond acceptors (Lipinski definition) is 3. The van der Waals surface area contributed by atoms with Gasteiger partial charge in [-0.25, -0.2) is 14.0 Å². The number of halogens is 2. The quantitative estimate of drug-likeness (QED) is 0.830. The molecule has 5 nitrogen and oxygen atoms in total. The van der Waals surface area contributed by atoms with Gasteiger partial charge in [0, 0.05) is 17.1 Å². The summed E-state index contributed by atoms with van der Waals surface area (Å²) in [5.41, 5.74) is 1.04. The fourth-order valence-electron chi connectivity index (χ4n) is 2.16. The minimum Gasteiger partial charge on any atom is -0.479 e. The second-order valence-electron chi connectivity index (χ2n) is 5.06. The van der Waals surface area contributed by atoms with Gasteiger partial charge in [0.2, 0.25) is 0 Å². The molecule has 0 bridgehead atoms. The third kappa shape index (κ3) is 4.32. The van der Waals surface area contributed by atoms with Crippen molar-refractivity contribution in [3.8, 4) is 0 Å². The van der Waals surface area contributed by atoms with Gasteiger partial charge in [0.1, 0.15) is 12.4 Å². The summed E-state index contributed by atoms with van der Waals surface area (Å²) in [6.45, 7) is 0.0287. The normalized spacial score (nSPS) is 11.6. The van der Waals surface area contributed by atoms with Crippen molar-refractivity contribution < 1.29 is 23.8 Å². The fraction of sp³-hybridized carbons (Fsp3) is 0.176. The Balaban J connectivity index is 2.15. The summed E-state index contributed by atoms with van der Waals surface area (Å²) in [4.78, 5) is 24.7. The summed E-state index contributed by atoms with van der Waals surface area (Å²) in [5, 5.41) is 9.46. The van der Waals surface area contributed by atoms with Crippen molar-refractivity contribution in [3.63, 3.8) is 0 Å². The standard InChI is InChI=1S/C17H15BrFNO4/c1-20(17(23)24-10-11-5-3-2-4-6-11)15(16(21)22)13-8-7-12(19)9-14(13)18/h2-9,15H,10H2,1H3,(H,21,22). The minimum absolute atomic E-state index is 0.0287. The number of likely N-dealkylation sites (N-methyl/N-ethyl adjacent to an activating group) is 1. The third-order valence-corrected chi connectivity index (χ3v) is 4.06. The number of aliphatic carboxylic acids is 1. The summed E-state index contributed by atoms with van der Waals surface area (Å²) in [6.07, 6.45) is -0.789. The highest BCUT2D eigenvalue weighted by atomic mass is 79.9. The lowest BCUT2D eigenvalue weighted by Gasteiger charge is -2.25. The number of hydrogen-bond donors (Lipinski definition) is 1. The maximum Gasteiger partial charge on any atom is 0.410 e. The van der Waals surface area contributed by atoms with Gasteiger partial charge in [0.15, 0.2) is 6.04 Å². The van der Waals surface area contributed by atoms with E-state index in [1.807, 2.05) is 18.2 Å². The zero-order chi connectivity index (χ0) is 17.7. The fourth-order valence-corrected chi connectivity index (χ4v) is 2.72. The molecular weight excluding hydrogens is 381 g/mol. The second kappa shape index (κ2) is 7.92. The molecule has 2 rings (SSSR count). The number of carbonyl (C=O) groups excluding carboxylic acids is 1. The molecule has 2 aromatic carbocycles. The number of carboxylic acids is 1. The maximum atomic E-state index is 13.2. The van der Waals surface area contributed by atoms with Gasteiger partial charge in [-0.05, 0) is 17.7 Å². The first-order valence-electron chi connectivity index (χ1n) is 7.01. The van der Waals surface area contributed by atoms with E-state index in [0.29, 0.717) is 0 Å². The van der Waals surface area contributed by atoms with E-state index in [9.17, 15) is 19.1 Å². The highest BCUT2D eigenvalue weighted by Gasteiger charge is 2.31. The predicted molar refractivity (Wildman–Crippen MR) is 88.9 cm³/mol. The zero-order valence-corrected chi connectivity index (χ0v) is 14.4. The van der Waals surface area contributed by atoms with Crippen LogP contribution in [-0.2, 0) is 16.1 Å². The van der Waals surface area contributed by atoms with Crippen molar-refractivity contribution in [1.29, 1.82) is 0 Å². The van der Waals surface area contributed by atoms with Gasteiger partial charge in [-0.2, -0.15) is 0 Å². The molecular formula is C17H15BrFNO4. The SMILES string of the molecule is CN(C(=O)OCc1ccccc1)C(C(=O)O)c1ccc(F)cc1Br. The van der Waals surface area contributed by atoms with Crippen molar-refractivity contribution in [3.05, 3.63) is 69.9 Å². The van der Waals surface area contributed by atoms with Gasteiger partial charge in [-0.15, -0.1) is 0 Å². The molecule has 0 saturated heterocycles. The van der Waals surface area contributed by atoms with Crippen LogP contribution in [0.25, 0.3) is 0 Å². The summed E-state index contributed by atoms with van der Waals surface area (Å²) in [6, 6.07) is 11.3. The molecule has 0 radical (unpaired) electrons. The average molecular weight is 396 g/mol. The van der Waals surface area contributed by atoms with Crippen LogP contribution in [0.4, 0.5) is 9.18 Å². The molecule has 24 heavy (non-hydrogen) atoms. The lowest BCUT2D eigenvalue weighted by atomic mass is 10.1. The molecule has 1 N–H and O–H groups in total. The Morgan fingerprint density at radius 2 is 1.92 bits per heavy atom. The van der Waals surface area contributed by atoms with Gasteiger partial charge >= 0.3 is 12.1 Å². The number of nitrogens with zero attached hydrogens (tertiary/aromatic N) is 1. The molecule has 126 valence electrons. The van der Waals surface area contributed by atoms with E-state index in [4.69, 9.17) is 4.74 Å². The lowest BCUT2D eigenvalue weighted by molar-refractivity contribution is -0.142. The van der Waals surface area contributed by atoms with Crippen molar-refractivity contribution in [2.75, 3.05) is 7.05 Å². The van der Waals surface area contributed by atoms with E-state index >= 15 is 0 Å². The molecule has 0 aliphatic rings. The molecule has 0 saturated carbocycles. The van der Waals surface area contributed by atoms with Crippen molar-refractivity contribution >= 4 is 28.0 Å². The van der Waals surface area contributed by atoms with Crippen molar-refractivity contribution in [1.82, 2.24) is 4.90 Å². The molecule has 1 atom stereocenters. The van der Waals surface area contributed by atoms with Gasteiger partial charge < -0.3 is 9.84 Å². The average Bonchev–Trinajstić information content (AvgIpc) is 2.55. The van der Waals surface area contributed by atoms with Crippen molar-refractivity contribution in [2.24, 2.45) is 0 Å². The van der Waals surface area contributed by atoms with E-state index in [2.05, 4.69) is 15.9 Å². The van der Waals surface area contributed by atoms with Crippen LogP contribution in [0.1, 0.15) is 17.2 Å². The summed E-state index contributed by atoms with van der Waals surface area (Å²) < 4.78 is 18.6. The smallest absolute Gasteiger partial charge is 0.410 e. The Labute approximate surface area is 146 Å². The number of rotatable bonds is 5. The monoisotopic (exact) mass is 395 g/mol. The number of carbonyl (C=O) groups is 2. The molecule has 1 unspecified atom stereocenters. The number of ether oxygens (including phenoxy) is 1. The summed E-state index contributed by atoms with van der Waals surface area (Å²) in [5.74, 6) is -1.76. The second-order valence-corrected chi connectivity index (χ2v) is 5.91. The molecule has 0 spiro atoms. The zero-order valence-electron chi connectivity index (χ0n) is 12.8. The van der Waals surface area contributed by atoms with Gasteiger partial charge in [0.25, 0.3) is 0 Å². The van der Waals surface area contributed by atoms with Crippen LogP contribution >= 0.6 is 15.9 Å². The number of benzene rings is 2. The maximum absolute atomic E-state index is 13.2. The first-order chi connectivity index (χ1) is 11.4. The van der Waals surface area contributed by atoms with Crippen LogP contribution in [0.2, 0.25) is 0 Å². The third-order valence-electron chi connectivity index (χ3n) is 3.37. The molecule has 0 aliphatic carbocycles. The predicted octanol–water partition coefficient (Wildman–Crippen LogP) is 3.98. The molecule has 7 heteroatoms. The highest BCUT2D eigenvalue weighted by Crippen LogP contribution is 2.28. The highest BCUT2D eigenvalue weighted by molar-refractivity contribution is 9.10. The molecule has 0 heterocycles. The summed E-state index contributed by atoms with van der Waals surface area (Å²) in [7, 11) is 1.32. The van der Waals surface area contributed by atoms with Crippen LogP contribution < -0.4 is 0 Å². The molecule has 0 aliphatic heterocycles. The van der Waals surface area contributed by atoms with Crippen LogP contribution in [0.5, 0.6) is 0 Å². The Hall–Kier alpha value is -2.41. The first kappa shape index (κ1) is 17.9. The van der Waals surface area contributed by atoms with Crippen molar-refractivity contribution in [2.45, 2.75) is 12.6 Å². The molecule has 0 aromatic heterocycles. The molecule has 1 amide bonds. The van der Waals surface area contributed by atoms with E-state index < -0.39 is 23.9 Å². The Morgan fingerprint density at radius 1 is 1.25 bits per heavy atom. The van der Waals surface area contributed by atoms with Gasteiger partial charge in [-0.1, -0.05) is 52.3 Å². The van der Waals surface area contributed by atoms with Crippen LogP contribution in [0.3, 0.4) is 0 Å². The minimum atomic E-state index is -1.30. The van der Waals surface area contributed by atoms with E-state index in [-0.39, 0.29) is 16.6 Å². The molecule has 2 aromatic rings. The van der Waals surface area contributed by atoms with Gasteiger partial charge in [-0.3, -0.25) is 4.90 Å². The Morgan fingerprint density at radius 3 is 2.50 bits per heavy atom. The summed E-state index contributed by atoms with van der Waals surface area (Å²) >= 11 is 3.13. The first-order valence-corrected chi connectivity index (χ1v) is 7.80. The topological polar surface area (TPSA) is 66.8 Å². The Bertz CT molecular complexity index is 739. The number of amides is 1. The number of carboxylic acid groups (broad SMARTS) is 1. The largest absolute Gasteiger partial charge is 0.479 e. The van der Waals surface area contributed by atoms with Gasteiger partial charge in [0.05, 0.1) is 0 Å². The molecule has 0 fully saturated rings. The lowest BCUT2D eigenvalue weighted by Crippen LogP contribution is -2.36. The van der Waals surface area contributed by atoms with Crippen LogP contribution in [-0.4, -0.2) is 29.1 Å².